The zero-order valence-electron chi connectivity index (χ0n) is 36.5. The fourth-order valence-corrected chi connectivity index (χ4v) is 14.4. The first-order valence-corrected chi connectivity index (χ1v) is 22.2. The number of fused-ring (bicyclic) bond motifs is 7. The zero-order valence-corrected chi connectivity index (χ0v) is 36.5. The molecular weight excluding hydrogens is 689 g/mol. The van der Waals surface area contributed by atoms with Crippen molar-refractivity contribution >= 4 is 23.8 Å². The van der Waals surface area contributed by atoms with Crippen molar-refractivity contribution in [1.82, 2.24) is 10.6 Å². The van der Waals surface area contributed by atoms with Crippen LogP contribution < -0.4 is 10.6 Å². The molecule has 11 atom stereocenters. The van der Waals surface area contributed by atoms with E-state index >= 15 is 0 Å². The molecule has 0 radical (unpaired) electrons. The number of carboxylic acids is 1. The van der Waals surface area contributed by atoms with Gasteiger partial charge in [0.15, 0.2) is 0 Å². The van der Waals surface area contributed by atoms with E-state index in [0.29, 0.717) is 36.1 Å². The van der Waals surface area contributed by atoms with Crippen molar-refractivity contribution in [2.75, 3.05) is 6.54 Å². The largest absolute Gasteiger partial charge is 0.481 e. The first-order chi connectivity index (χ1) is 25.6. The molecule has 0 aromatic rings. The van der Waals surface area contributed by atoms with Crippen LogP contribution in [0.3, 0.4) is 0 Å². The normalized spacial score (nSPS) is 38.3. The maximum absolute atomic E-state index is 14.5. The van der Waals surface area contributed by atoms with Gasteiger partial charge in [-0.15, -0.1) is 0 Å². The molecule has 5 saturated carbocycles. The lowest BCUT2D eigenvalue weighted by atomic mass is 9.32. The highest BCUT2D eigenvalue weighted by molar-refractivity contribution is 5.84. The Morgan fingerprint density at radius 3 is 2.18 bits per heavy atom. The van der Waals surface area contributed by atoms with Gasteiger partial charge in [0.2, 0.25) is 11.8 Å². The van der Waals surface area contributed by atoms with E-state index < -0.39 is 17.4 Å². The predicted octanol–water partition coefficient (Wildman–Crippen LogP) is 10.0. The van der Waals surface area contributed by atoms with E-state index in [-0.39, 0.29) is 57.5 Å². The summed E-state index contributed by atoms with van der Waals surface area (Å²) >= 11 is 0. The molecule has 8 nitrogen and oxygen atoms in total. The number of carbonyl (C=O) groups is 4. The van der Waals surface area contributed by atoms with Gasteiger partial charge in [-0.3, -0.25) is 19.2 Å². The van der Waals surface area contributed by atoms with E-state index in [9.17, 15) is 24.3 Å². The minimum absolute atomic E-state index is 0.0460. The summed E-state index contributed by atoms with van der Waals surface area (Å²) in [4.78, 5) is 51.0. The van der Waals surface area contributed by atoms with Crippen LogP contribution in [0.25, 0.3) is 0 Å². The van der Waals surface area contributed by atoms with Crippen molar-refractivity contribution in [3.63, 3.8) is 0 Å². The highest BCUT2D eigenvalue weighted by Crippen LogP contribution is 2.77. The summed E-state index contributed by atoms with van der Waals surface area (Å²) in [7, 11) is 0. The Labute approximate surface area is 333 Å². The maximum Gasteiger partial charge on any atom is 0.309 e. The third-order valence-corrected chi connectivity index (χ3v) is 17.5. The monoisotopic (exact) mass is 767 g/mol. The van der Waals surface area contributed by atoms with Crippen LogP contribution in [0.4, 0.5) is 0 Å². The Morgan fingerprint density at radius 1 is 0.836 bits per heavy atom. The lowest BCUT2D eigenvalue weighted by Crippen LogP contribution is -2.67. The SMILES string of the molecule is C=C(C)[C@@H]1CC[C@]2(C(=O)NCCCCCC(CCC)NC(C)=O)CC[C@]3(C)[C@H](CC[C@@H]4[C@@]5(C)CC[C@H](OC(=O)CC(C)(C)C(=O)O)C(C)(C)[C@@H]5CC[C@]43C)[C@@H]12. The van der Waals surface area contributed by atoms with Crippen LogP contribution in [-0.4, -0.2) is 47.6 Å². The summed E-state index contributed by atoms with van der Waals surface area (Å²) in [5.74, 6) is 1.08. The van der Waals surface area contributed by atoms with Gasteiger partial charge in [-0.1, -0.05) is 73.0 Å². The van der Waals surface area contributed by atoms with Crippen LogP contribution in [0.15, 0.2) is 12.2 Å². The Bertz CT molecular complexity index is 1470. The summed E-state index contributed by atoms with van der Waals surface area (Å²) in [6.07, 6.45) is 16.2. The number of hydrogen-bond acceptors (Lipinski definition) is 5. The molecule has 0 spiro atoms. The van der Waals surface area contributed by atoms with Gasteiger partial charge in [0.05, 0.1) is 17.3 Å². The molecule has 0 aromatic heterocycles. The summed E-state index contributed by atoms with van der Waals surface area (Å²) < 4.78 is 6.18. The molecule has 5 aliphatic carbocycles. The van der Waals surface area contributed by atoms with Gasteiger partial charge in [-0.05, 0) is 150 Å². The molecule has 2 amide bonds. The number of carboxylic acid groups (broad SMARTS) is 1. The number of hydrogen-bond donors (Lipinski definition) is 3. The van der Waals surface area contributed by atoms with Crippen LogP contribution in [-0.2, 0) is 23.9 Å². The zero-order chi connectivity index (χ0) is 40.8. The van der Waals surface area contributed by atoms with Gasteiger partial charge in [0.1, 0.15) is 6.10 Å². The highest BCUT2D eigenvalue weighted by atomic mass is 16.5. The van der Waals surface area contributed by atoms with Gasteiger partial charge in [0.25, 0.3) is 0 Å². The summed E-state index contributed by atoms with van der Waals surface area (Å²) in [5, 5.41) is 16.2. The molecule has 312 valence electrons. The number of nitrogens with one attached hydrogen (secondary N) is 2. The Balaban J connectivity index is 1.29. The first kappa shape index (κ1) is 43.7. The maximum atomic E-state index is 14.5. The number of carbonyl (C=O) groups excluding carboxylic acids is 3. The minimum atomic E-state index is -1.15. The Hall–Kier alpha value is -2.38. The number of aliphatic carboxylic acids is 1. The fraction of sp³-hybridized carbons (Fsp3) is 0.872. The van der Waals surface area contributed by atoms with E-state index in [1.54, 1.807) is 20.8 Å². The van der Waals surface area contributed by atoms with Gasteiger partial charge in [0, 0.05) is 24.9 Å². The van der Waals surface area contributed by atoms with Crippen molar-refractivity contribution in [3.05, 3.63) is 12.2 Å². The topological polar surface area (TPSA) is 122 Å². The van der Waals surface area contributed by atoms with Gasteiger partial charge in [-0.25, -0.2) is 0 Å². The molecule has 0 aromatic carbocycles. The number of unbranched alkanes of at least 4 members (excludes halogenated alkanes) is 2. The molecule has 3 N–H and O–H groups in total. The van der Waals surface area contributed by atoms with Gasteiger partial charge in [-0.2, -0.15) is 0 Å². The number of allylic oxidation sites excluding steroid dienone is 1. The van der Waals surface area contributed by atoms with Crippen molar-refractivity contribution in [2.45, 2.75) is 191 Å². The van der Waals surface area contributed by atoms with Crippen molar-refractivity contribution in [3.8, 4) is 0 Å². The molecule has 5 fully saturated rings. The van der Waals surface area contributed by atoms with Crippen molar-refractivity contribution in [1.29, 1.82) is 0 Å². The van der Waals surface area contributed by atoms with Crippen LogP contribution >= 0.6 is 0 Å². The predicted molar refractivity (Wildman–Crippen MR) is 219 cm³/mol. The van der Waals surface area contributed by atoms with Gasteiger partial charge >= 0.3 is 11.9 Å². The second kappa shape index (κ2) is 16.1. The third kappa shape index (κ3) is 7.80. The number of amides is 2. The smallest absolute Gasteiger partial charge is 0.309 e. The molecule has 0 heterocycles. The van der Waals surface area contributed by atoms with Crippen LogP contribution in [0, 0.1) is 62.1 Å². The van der Waals surface area contributed by atoms with Gasteiger partial charge < -0.3 is 20.5 Å². The quantitative estimate of drug-likeness (QED) is 0.0867. The average molecular weight is 767 g/mol. The van der Waals surface area contributed by atoms with E-state index in [1.165, 1.54) is 12.0 Å². The van der Waals surface area contributed by atoms with Crippen LogP contribution in [0.2, 0.25) is 0 Å². The number of ether oxygens (including phenoxy) is 1. The Kier molecular flexibility index (Phi) is 12.8. The molecule has 55 heavy (non-hydrogen) atoms. The molecular formula is C47H78N2O6. The summed E-state index contributed by atoms with van der Waals surface area (Å²) in [5.41, 5.74) is -0.0710. The minimum Gasteiger partial charge on any atom is -0.481 e. The molecule has 0 saturated heterocycles. The fourth-order valence-electron chi connectivity index (χ4n) is 14.4. The third-order valence-electron chi connectivity index (χ3n) is 17.5. The van der Waals surface area contributed by atoms with E-state index in [2.05, 4.69) is 65.7 Å². The number of esters is 1. The lowest BCUT2D eigenvalue weighted by Gasteiger charge is -2.72. The molecule has 1 unspecified atom stereocenters. The second-order valence-corrected chi connectivity index (χ2v) is 21.3. The molecule has 0 aliphatic heterocycles. The van der Waals surface area contributed by atoms with E-state index in [4.69, 9.17) is 4.74 Å². The molecule has 5 aliphatic rings. The summed E-state index contributed by atoms with van der Waals surface area (Å²) in [6, 6.07) is 0.247. The van der Waals surface area contributed by atoms with E-state index in [0.717, 1.165) is 96.3 Å². The molecule has 5 rings (SSSR count). The van der Waals surface area contributed by atoms with Crippen LogP contribution in [0.1, 0.15) is 178 Å². The van der Waals surface area contributed by atoms with Crippen LogP contribution in [0.5, 0.6) is 0 Å². The lowest BCUT2D eigenvalue weighted by molar-refractivity contribution is -0.249. The highest BCUT2D eigenvalue weighted by Gasteiger charge is 2.72. The van der Waals surface area contributed by atoms with Crippen molar-refractivity contribution in [2.24, 2.45) is 62.1 Å². The molecule has 0 bridgehead atoms. The van der Waals surface area contributed by atoms with Crippen molar-refractivity contribution < 1.29 is 29.0 Å². The van der Waals surface area contributed by atoms with E-state index in [1.807, 2.05) is 0 Å². The average Bonchev–Trinajstić information content (AvgIpc) is 3.49. The molecule has 8 heteroatoms. The summed E-state index contributed by atoms with van der Waals surface area (Å²) in [6.45, 7) is 26.8. The second-order valence-electron chi connectivity index (χ2n) is 21.3. The number of rotatable bonds is 15. The first-order valence-electron chi connectivity index (χ1n) is 22.2. The Morgan fingerprint density at radius 2 is 1.55 bits per heavy atom. The standard InChI is InChI=1S/C47H78N2O6/c1-12-16-32(49-31(4)50)17-14-13-15-28-48-40(52)47-25-20-33(30(2)3)39(47)34-18-19-36-44(9)23-22-37(55-38(51)29-42(5,6)41(53)54)43(7,8)35(44)21-24-46(36,11)45(34,10)26-27-47/h32-37,39H,2,12-29H2,1,3-11H3,(H,48,52)(H,49,50)(H,53,54)/t32?,33-,34+,35-,36+,37-,39+,44-,45+,46+,47-/m0/s1.